The maximum Gasteiger partial charge on any atom is 0.345 e. The smallest absolute Gasteiger partial charge is 0.345 e. The van der Waals surface area contributed by atoms with Gasteiger partial charge in [0.05, 0.1) is 24.6 Å². The number of ether oxygens (including phenoxy) is 2. The number of carbonyl (C=O) groups excluding carboxylic acids is 1. The molecule has 0 spiro atoms. The number of para-hydroxylation sites is 1. The van der Waals surface area contributed by atoms with Crippen molar-refractivity contribution < 1.29 is 14.3 Å². The molecule has 0 aliphatic heterocycles. The molecule has 0 N–H and O–H groups in total. The molecule has 2 rings (SSSR count). The highest BCUT2D eigenvalue weighted by molar-refractivity contribution is 5.88. The number of hydrogen-bond acceptors (Lipinski definition) is 6. The fourth-order valence-electron chi connectivity index (χ4n) is 1.92. The Morgan fingerprint density at radius 3 is 2.79 bits per heavy atom. The highest BCUT2D eigenvalue weighted by Crippen LogP contribution is 2.13. The maximum atomic E-state index is 12.7. The lowest BCUT2D eigenvalue weighted by Crippen LogP contribution is -2.28. The summed E-state index contributed by atoms with van der Waals surface area (Å²) in [6, 6.07) is 10.5. The van der Waals surface area contributed by atoms with E-state index in [1.807, 2.05) is 6.07 Å². The second-order valence-electron chi connectivity index (χ2n) is 4.49. The standard InChI is InChI=1S/C17H15N3O4/c1-2-23-16(22)14-12-19-17(24-11-7-6-10-18)20(15(14)21)13-8-4-3-5-9-13/h3-9,12H,2,11H2,1H3. The number of carbonyl (C=O) groups is 1. The molecule has 0 fully saturated rings. The molecule has 0 saturated carbocycles. The van der Waals surface area contributed by atoms with E-state index in [2.05, 4.69) is 4.98 Å². The summed E-state index contributed by atoms with van der Waals surface area (Å²) in [6.07, 6.45) is 3.88. The van der Waals surface area contributed by atoms with Gasteiger partial charge in [0.2, 0.25) is 0 Å². The molecule has 0 radical (unpaired) electrons. The van der Waals surface area contributed by atoms with Gasteiger partial charge in [0.1, 0.15) is 12.2 Å². The van der Waals surface area contributed by atoms with E-state index in [1.54, 1.807) is 37.3 Å². The number of allylic oxidation sites excluding steroid dienone is 1. The highest BCUT2D eigenvalue weighted by atomic mass is 16.5. The van der Waals surface area contributed by atoms with Gasteiger partial charge in [0.25, 0.3) is 5.56 Å². The van der Waals surface area contributed by atoms with E-state index in [-0.39, 0.29) is 24.8 Å². The van der Waals surface area contributed by atoms with Crippen LogP contribution < -0.4 is 10.3 Å². The minimum absolute atomic E-state index is 0.0156. The van der Waals surface area contributed by atoms with Crippen LogP contribution in [0.2, 0.25) is 0 Å². The van der Waals surface area contributed by atoms with Gasteiger partial charge in [-0.05, 0) is 25.1 Å². The Kier molecular flexibility index (Phi) is 5.86. The van der Waals surface area contributed by atoms with Crippen molar-refractivity contribution in [3.63, 3.8) is 0 Å². The van der Waals surface area contributed by atoms with E-state index in [1.165, 1.54) is 16.7 Å². The summed E-state index contributed by atoms with van der Waals surface area (Å²) < 4.78 is 11.5. The average molecular weight is 325 g/mol. The van der Waals surface area contributed by atoms with Crippen molar-refractivity contribution in [1.82, 2.24) is 9.55 Å². The number of nitriles is 1. The van der Waals surface area contributed by atoms with Crippen LogP contribution in [-0.2, 0) is 4.74 Å². The molecule has 24 heavy (non-hydrogen) atoms. The van der Waals surface area contributed by atoms with E-state index < -0.39 is 11.5 Å². The highest BCUT2D eigenvalue weighted by Gasteiger charge is 2.19. The van der Waals surface area contributed by atoms with Crippen LogP contribution in [0.1, 0.15) is 17.3 Å². The molecule has 2 aromatic rings. The molecule has 0 bridgehead atoms. The number of nitrogens with zero attached hydrogens (tertiary/aromatic N) is 3. The Morgan fingerprint density at radius 1 is 1.38 bits per heavy atom. The Bertz CT molecular complexity index is 835. The Morgan fingerprint density at radius 2 is 2.12 bits per heavy atom. The molecule has 0 unspecified atom stereocenters. The van der Waals surface area contributed by atoms with Crippen LogP contribution >= 0.6 is 0 Å². The normalized spacial score (nSPS) is 10.3. The molecule has 7 nitrogen and oxygen atoms in total. The average Bonchev–Trinajstić information content (AvgIpc) is 2.60. The lowest BCUT2D eigenvalue weighted by Gasteiger charge is -2.12. The van der Waals surface area contributed by atoms with Gasteiger partial charge in [-0.1, -0.05) is 18.2 Å². The minimum Gasteiger partial charge on any atom is -0.462 e. The Balaban J connectivity index is 2.50. The monoisotopic (exact) mass is 325 g/mol. The van der Waals surface area contributed by atoms with Crippen molar-refractivity contribution in [1.29, 1.82) is 5.26 Å². The van der Waals surface area contributed by atoms with E-state index in [4.69, 9.17) is 14.7 Å². The molecule has 0 saturated heterocycles. The first-order valence-corrected chi connectivity index (χ1v) is 7.21. The number of esters is 1. The SMILES string of the molecule is CCOC(=O)c1cnc(OCC=CC#N)n(-c2ccccc2)c1=O. The van der Waals surface area contributed by atoms with Gasteiger partial charge in [-0.2, -0.15) is 5.26 Å². The molecule has 122 valence electrons. The van der Waals surface area contributed by atoms with Gasteiger partial charge in [-0.25, -0.2) is 14.3 Å². The van der Waals surface area contributed by atoms with E-state index >= 15 is 0 Å². The van der Waals surface area contributed by atoms with E-state index in [9.17, 15) is 9.59 Å². The third-order valence-corrected chi connectivity index (χ3v) is 2.94. The molecule has 1 aromatic carbocycles. The van der Waals surface area contributed by atoms with Gasteiger partial charge >= 0.3 is 12.0 Å². The molecule has 1 heterocycles. The van der Waals surface area contributed by atoms with Gasteiger partial charge in [-0.15, -0.1) is 0 Å². The molecule has 0 aliphatic rings. The van der Waals surface area contributed by atoms with Crippen molar-refractivity contribution in [2.75, 3.05) is 13.2 Å². The van der Waals surface area contributed by atoms with Crippen LogP contribution in [0.4, 0.5) is 0 Å². The summed E-state index contributed by atoms with van der Waals surface area (Å²) >= 11 is 0. The van der Waals surface area contributed by atoms with Gasteiger partial charge < -0.3 is 9.47 Å². The summed E-state index contributed by atoms with van der Waals surface area (Å²) in [5.74, 6) is -0.740. The van der Waals surface area contributed by atoms with Crippen molar-refractivity contribution in [2.45, 2.75) is 6.92 Å². The molecule has 1 aromatic heterocycles. The molecular formula is C17H15N3O4. The maximum absolute atomic E-state index is 12.7. The van der Waals surface area contributed by atoms with Crippen LogP contribution in [0.15, 0.2) is 53.5 Å². The second kappa shape index (κ2) is 8.29. The van der Waals surface area contributed by atoms with Gasteiger partial charge in [0.15, 0.2) is 0 Å². The largest absolute Gasteiger partial charge is 0.462 e. The van der Waals surface area contributed by atoms with Crippen LogP contribution in [-0.4, -0.2) is 28.7 Å². The third-order valence-electron chi connectivity index (χ3n) is 2.94. The van der Waals surface area contributed by atoms with E-state index in [0.717, 1.165) is 6.20 Å². The summed E-state index contributed by atoms with van der Waals surface area (Å²) in [5.41, 5.74) is -0.269. The quantitative estimate of drug-likeness (QED) is 0.594. The molecule has 0 amide bonds. The first-order valence-electron chi connectivity index (χ1n) is 7.21. The van der Waals surface area contributed by atoms with Crippen molar-refractivity contribution in [2.24, 2.45) is 0 Å². The lowest BCUT2D eigenvalue weighted by molar-refractivity contribution is 0.0523. The molecule has 0 atom stereocenters. The summed E-state index contributed by atoms with van der Waals surface area (Å²) in [5, 5.41) is 8.47. The molecular weight excluding hydrogens is 310 g/mol. The number of aromatic nitrogens is 2. The Labute approximate surface area is 138 Å². The van der Waals surface area contributed by atoms with Crippen LogP contribution in [0.25, 0.3) is 5.69 Å². The van der Waals surface area contributed by atoms with Crippen LogP contribution in [0.3, 0.4) is 0 Å². The first kappa shape index (κ1) is 17.0. The Hall–Kier alpha value is -3.40. The van der Waals surface area contributed by atoms with Gasteiger partial charge in [-0.3, -0.25) is 4.79 Å². The van der Waals surface area contributed by atoms with Crippen molar-refractivity contribution >= 4 is 5.97 Å². The van der Waals surface area contributed by atoms with Crippen molar-refractivity contribution in [3.8, 4) is 17.8 Å². The fourth-order valence-corrected chi connectivity index (χ4v) is 1.92. The third kappa shape index (κ3) is 3.87. The number of benzene rings is 1. The van der Waals surface area contributed by atoms with Gasteiger partial charge in [0, 0.05) is 6.08 Å². The zero-order chi connectivity index (χ0) is 17.4. The molecule has 7 heteroatoms. The van der Waals surface area contributed by atoms with Crippen LogP contribution in [0.5, 0.6) is 6.01 Å². The summed E-state index contributed by atoms with van der Waals surface area (Å²) in [4.78, 5) is 28.6. The van der Waals surface area contributed by atoms with E-state index in [0.29, 0.717) is 5.69 Å². The fraction of sp³-hybridized carbons (Fsp3) is 0.176. The topological polar surface area (TPSA) is 94.2 Å². The zero-order valence-corrected chi connectivity index (χ0v) is 13.0. The first-order chi connectivity index (χ1) is 11.7. The van der Waals surface area contributed by atoms with Crippen molar-refractivity contribution in [3.05, 3.63) is 64.6 Å². The number of rotatable bonds is 6. The predicted molar refractivity (Wildman–Crippen MR) is 86.0 cm³/mol. The summed E-state index contributed by atoms with van der Waals surface area (Å²) in [7, 11) is 0. The lowest BCUT2D eigenvalue weighted by atomic mass is 10.3. The predicted octanol–water partition coefficient (Wildman–Crippen LogP) is 1.87. The second-order valence-corrected chi connectivity index (χ2v) is 4.49. The number of hydrogen-bond donors (Lipinski definition) is 0. The minimum atomic E-state index is -0.740. The summed E-state index contributed by atoms with van der Waals surface area (Å²) in [6.45, 7) is 1.87. The van der Waals surface area contributed by atoms with Crippen LogP contribution in [0, 0.1) is 11.3 Å². The molecule has 0 aliphatic carbocycles. The zero-order valence-electron chi connectivity index (χ0n) is 13.0.